The number of nitrogens with one attached hydrogen (secondary N) is 1. The second kappa shape index (κ2) is 4.96. The number of nitrogens with zero attached hydrogens (tertiary/aromatic N) is 1. The number of likely N-dealkylation sites (tertiary alicyclic amines) is 1. The second-order valence-corrected chi connectivity index (χ2v) is 4.53. The highest BCUT2D eigenvalue weighted by molar-refractivity contribution is 5.00. The quantitative estimate of drug-likeness (QED) is 0.670. The number of hydrogen-bond donors (Lipinski definition) is 2. The fourth-order valence-electron chi connectivity index (χ4n) is 2.12. The predicted molar refractivity (Wildman–Crippen MR) is 60.5 cm³/mol. The van der Waals surface area contributed by atoms with E-state index in [-0.39, 0.29) is 12.1 Å². The summed E-state index contributed by atoms with van der Waals surface area (Å²) in [5, 5.41) is 3.11. The number of piperidine rings is 1. The van der Waals surface area contributed by atoms with Crippen LogP contribution in [0.4, 0.5) is 0 Å². The lowest BCUT2D eigenvalue weighted by atomic mass is 10.1. The van der Waals surface area contributed by atoms with Gasteiger partial charge >= 0.3 is 0 Å². The van der Waals surface area contributed by atoms with Crippen LogP contribution in [0.1, 0.15) is 12.8 Å². The largest absolute Gasteiger partial charge is 0.389 e. The average molecular weight is 211 g/mol. The maximum absolute atomic E-state index is 6.01. The molecule has 4 nitrogen and oxygen atoms in total. The fraction of sp³-hybridized carbons (Fsp3) is 0.818. The lowest BCUT2D eigenvalue weighted by Gasteiger charge is -2.33. The first kappa shape index (κ1) is 10.9. The molecule has 0 aromatic rings. The van der Waals surface area contributed by atoms with Gasteiger partial charge in [0, 0.05) is 19.6 Å². The smallest absolute Gasteiger partial charge is 0.0944 e. The van der Waals surface area contributed by atoms with Crippen molar-refractivity contribution in [1.82, 2.24) is 10.2 Å². The summed E-state index contributed by atoms with van der Waals surface area (Å²) in [7, 11) is 2.16. The van der Waals surface area contributed by atoms with Gasteiger partial charge in [-0.15, -0.1) is 0 Å². The van der Waals surface area contributed by atoms with Crippen molar-refractivity contribution in [2.24, 2.45) is 5.73 Å². The molecule has 0 aromatic heterocycles. The first-order valence-electron chi connectivity index (χ1n) is 5.75. The molecule has 15 heavy (non-hydrogen) atoms. The Morgan fingerprint density at radius 3 is 2.80 bits per heavy atom. The molecule has 0 saturated carbocycles. The third kappa shape index (κ3) is 2.93. The number of hydrogen-bond acceptors (Lipinski definition) is 4. The molecule has 0 aromatic carbocycles. The van der Waals surface area contributed by atoms with Gasteiger partial charge in [-0.05, 0) is 32.2 Å². The average Bonchev–Trinajstić information content (AvgIpc) is 2.25. The van der Waals surface area contributed by atoms with Gasteiger partial charge in [0.05, 0.1) is 18.2 Å². The van der Waals surface area contributed by atoms with E-state index in [1.165, 1.54) is 0 Å². The first-order valence-corrected chi connectivity index (χ1v) is 5.75. The highest BCUT2D eigenvalue weighted by Gasteiger charge is 2.24. The standard InChI is InChI=1S/C11H21N3O/c1-14-6-3-9(4-7-14)15-11-2-5-13-8-10(11)12/h2,5,9-11,13H,3-4,6-8,12H2,1H3. The van der Waals surface area contributed by atoms with Crippen LogP contribution >= 0.6 is 0 Å². The van der Waals surface area contributed by atoms with Crippen LogP contribution in [0.2, 0.25) is 0 Å². The Labute approximate surface area is 91.5 Å². The van der Waals surface area contributed by atoms with Gasteiger partial charge in [0.2, 0.25) is 0 Å². The molecule has 2 aliphatic rings. The summed E-state index contributed by atoms with van der Waals surface area (Å²) in [4.78, 5) is 2.35. The third-order valence-corrected chi connectivity index (χ3v) is 3.19. The van der Waals surface area contributed by atoms with Crippen LogP contribution < -0.4 is 11.1 Å². The van der Waals surface area contributed by atoms with E-state index in [9.17, 15) is 0 Å². The highest BCUT2D eigenvalue weighted by atomic mass is 16.5. The van der Waals surface area contributed by atoms with Gasteiger partial charge in [-0.25, -0.2) is 0 Å². The summed E-state index contributed by atoms with van der Waals surface area (Å²) >= 11 is 0. The van der Waals surface area contributed by atoms with Gasteiger partial charge in [-0.1, -0.05) is 0 Å². The van der Waals surface area contributed by atoms with Crippen LogP contribution in [-0.2, 0) is 4.74 Å². The Morgan fingerprint density at radius 2 is 2.13 bits per heavy atom. The zero-order valence-corrected chi connectivity index (χ0v) is 9.36. The van der Waals surface area contributed by atoms with Crippen LogP contribution in [0.15, 0.2) is 12.3 Å². The molecule has 2 aliphatic heterocycles. The van der Waals surface area contributed by atoms with E-state index >= 15 is 0 Å². The van der Waals surface area contributed by atoms with Crippen molar-refractivity contribution in [3.8, 4) is 0 Å². The van der Waals surface area contributed by atoms with Gasteiger partial charge in [-0.3, -0.25) is 0 Å². The van der Waals surface area contributed by atoms with Gasteiger partial charge < -0.3 is 20.7 Å². The van der Waals surface area contributed by atoms with E-state index in [0.29, 0.717) is 6.10 Å². The van der Waals surface area contributed by atoms with Crippen molar-refractivity contribution in [1.29, 1.82) is 0 Å². The van der Waals surface area contributed by atoms with E-state index in [0.717, 1.165) is 32.5 Å². The fourth-order valence-corrected chi connectivity index (χ4v) is 2.12. The van der Waals surface area contributed by atoms with E-state index in [1.807, 2.05) is 12.3 Å². The summed E-state index contributed by atoms with van der Waals surface area (Å²) in [5.74, 6) is 0. The van der Waals surface area contributed by atoms with Crippen molar-refractivity contribution in [3.63, 3.8) is 0 Å². The van der Waals surface area contributed by atoms with E-state index in [1.54, 1.807) is 0 Å². The third-order valence-electron chi connectivity index (χ3n) is 3.19. The van der Waals surface area contributed by atoms with E-state index in [4.69, 9.17) is 10.5 Å². The molecule has 3 N–H and O–H groups in total. The monoisotopic (exact) mass is 211 g/mol. The first-order chi connectivity index (χ1) is 7.25. The molecule has 2 rings (SSSR count). The Hall–Kier alpha value is -0.580. The van der Waals surface area contributed by atoms with Crippen LogP contribution in [0.25, 0.3) is 0 Å². The summed E-state index contributed by atoms with van der Waals surface area (Å²) < 4.78 is 6.01. The van der Waals surface area contributed by atoms with Crippen molar-refractivity contribution in [3.05, 3.63) is 12.3 Å². The van der Waals surface area contributed by atoms with Crippen molar-refractivity contribution in [2.75, 3.05) is 26.7 Å². The summed E-state index contributed by atoms with van der Waals surface area (Å²) in [6, 6.07) is 0.0923. The SMILES string of the molecule is CN1CCC(OC2C=CNCC2N)CC1. The maximum atomic E-state index is 6.01. The Kier molecular flexibility index (Phi) is 3.61. The minimum Gasteiger partial charge on any atom is -0.389 e. The molecule has 0 bridgehead atoms. The molecule has 2 unspecified atom stereocenters. The molecule has 4 heteroatoms. The molecule has 0 amide bonds. The number of rotatable bonds is 2. The Bertz CT molecular complexity index is 224. The van der Waals surface area contributed by atoms with Crippen LogP contribution in [-0.4, -0.2) is 49.8 Å². The van der Waals surface area contributed by atoms with E-state index < -0.39 is 0 Å². The van der Waals surface area contributed by atoms with E-state index in [2.05, 4.69) is 17.3 Å². The number of ether oxygens (including phenoxy) is 1. The van der Waals surface area contributed by atoms with Crippen LogP contribution in [0.5, 0.6) is 0 Å². The number of nitrogens with two attached hydrogens (primary N) is 1. The summed E-state index contributed by atoms with van der Waals surface area (Å²) in [5.41, 5.74) is 5.97. The zero-order valence-electron chi connectivity index (χ0n) is 9.36. The molecule has 86 valence electrons. The molecule has 2 heterocycles. The second-order valence-electron chi connectivity index (χ2n) is 4.53. The molecule has 1 fully saturated rings. The maximum Gasteiger partial charge on any atom is 0.0944 e. The molecule has 2 atom stereocenters. The lowest BCUT2D eigenvalue weighted by molar-refractivity contribution is -0.0298. The molecule has 1 saturated heterocycles. The van der Waals surface area contributed by atoms with Crippen LogP contribution in [0, 0.1) is 0 Å². The minimum atomic E-state index is 0.0923. The van der Waals surface area contributed by atoms with Crippen molar-refractivity contribution < 1.29 is 4.74 Å². The zero-order chi connectivity index (χ0) is 10.7. The molecule has 0 aliphatic carbocycles. The Morgan fingerprint density at radius 1 is 1.40 bits per heavy atom. The topological polar surface area (TPSA) is 50.5 Å². The van der Waals surface area contributed by atoms with Crippen molar-refractivity contribution in [2.45, 2.75) is 31.1 Å². The van der Waals surface area contributed by atoms with Gasteiger partial charge in [-0.2, -0.15) is 0 Å². The minimum absolute atomic E-state index is 0.0923. The lowest BCUT2D eigenvalue weighted by Crippen LogP contribution is -2.48. The normalized spacial score (nSPS) is 34.0. The van der Waals surface area contributed by atoms with Crippen LogP contribution in [0.3, 0.4) is 0 Å². The van der Waals surface area contributed by atoms with Gasteiger partial charge in [0.25, 0.3) is 0 Å². The summed E-state index contributed by atoms with van der Waals surface area (Å²) in [6.07, 6.45) is 6.72. The molecule has 0 radical (unpaired) electrons. The molecule has 0 spiro atoms. The predicted octanol–water partition coefficient (Wildman–Crippen LogP) is -0.0900. The summed E-state index contributed by atoms with van der Waals surface area (Å²) in [6.45, 7) is 3.08. The molecular formula is C11H21N3O. The van der Waals surface area contributed by atoms with Gasteiger partial charge in [0.1, 0.15) is 0 Å². The van der Waals surface area contributed by atoms with Crippen molar-refractivity contribution >= 4 is 0 Å². The Balaban J connectivity index is 1.80. The van der Waals surface area contributed by atoms with Gasteiger partial charge in [0.15, 0.2) is 0 Å². The highest BCUT2D eigenvalue weighted by Crippen LogP contribution is 2.16. The molecular weight excluding hydrogens is 190 g/mol.